The van der Waals surface area contributed by atoms with Gasteiger partial charge in [-0.2, -0.15) is 4.98 Å². The Balaban J connectivity index is 1.97. The first-order chi connectivity index (χ1) is 8.15. The third-order valence-corrected chi connectivity index (χ3v) is 3.34. The molecule has 1 aromatic heterocycles. The highest BCUT2D eigenvalue weighted by Crippen LogP contribution is 2.39. The summed E-state index contributed by atoms with van der Waals surface area (Å²) >= 11 is 11.5. The van der Waals surface area contributed by atoms with Gasteiger partial charge < -0.3 is 4.74 Å². The Morgan fingerprint density at radius 3 is 2.76 bits per heavy atom. The molecular weight excluding hydrogens is 265 g/mol. The minimum atomic E-state index is -0.396. The van der Waals surface area contributed by atoms with Crippen LogP contribution in [0.25, 0.3) is 0 Å². The highest BCUT2D eigenvalue weighted by molar-refractivity contribution is 6.32. The van der Waals surface area contributed by atoms with Gasteiger partial charge in [0, 0.05) is 6.07 Å². The van der Waals surface area contributed by atoms with Crippen LogP contribution in [-0.2, 0) is 4.74 Å². The maximum Gasteiger partial charge on any atom is 0.415 e. The molecule has 90 valence electrons. The average Bonchev–Trinajstić information content (AvgIpc) is 3.01. The second-order valence-electron chi connectivity index (χ2n) is 4.17. The number of hydrogen-bond acceptors (Lipinski definition) is 4. The number of ether oxygens (including phenoxy) is 1. The highest BCUT2D eigenvalue weighted by atomic mass is 35.5. The second kappa shape index (κ2) is 3.99. The van der Waals surface area contributed by atoms with Crippen molar-refractivity contribution in [3.63, 3.8) is 0 Å². The fourth-order valence-corrected chi connectivity index (χ4v) is 2.43. The van der Waals surface area contributed by atoms with E-state index in [-0.39, 0.29) is 16.5 Å². The van der Waals surface area contributed by atoms with Crippen molar-refractivity contribution in [3.8, 4) is 0 Å². The zero-order chi connectivity index (χ0) is 12.0. The predicted octanol–water partition coefficient (Wildman–Crippen LogP) is 2.52. The zero-order valence-corrected chi connectivity index (χ0v) is 10.3. The summed E-state index contributed by atoms with van der Waals surface area (Å²) in [6.45, 7) is 0.405. The number of hydrogen-bond donors (Lipinski definition) is 0. The van der Waals surface area contributed by atoms with Gasteiger partial charge in [-0.1, -0.05) is 11.6 Å². The van der Waals surface area contributed by atoms with Crippen molar-refractivity contribution < 1.29 is 9.53 Å². The molecule has 1 atom stereocenters. The van der Waals surface area contributed by atoms with Crippen molar-refractivity contribution in [2.45, 2.75) is 18.9 Å². The normalized spacial score (nSPS) is 24.0. The number of anilines is 1. The molecule has 1 saturated heterocycles. The lowest BCUT2D eigenvalue weighted by molar-refractivity contribution is 0.178. The Labute approximate surface area is 108 Å². The number of rotatable bonds is 2. The number of nitrogens with zero attached hydrogens (tertiary/aromatic N) is 3. The second-order valence-corrected chi connectivity index (χ2v) is 4.89. The molecule has 1 aliphatic carbocycles. The van der Waals surface area contributed by atoms with E-state index in [9.17, 15) is 4.79 Å². The number of carbonyl (C=O) groups is 1. The summed E-state index contributed by atoms with van der Waals surface area (Å²) in [5.74, 6) is 0.906. The third kappa shape index (κ3) is 2.05. The van der Waals surface area contributed by atoms with Crippen molar-refractivity contribution in [2.75, 3.05) is 11.5 Å². The Kier molecular flexibility index (Phi) is 2.60. The van der Waals surface area contributed by atoms with E-state index in [1.165, 1.54) is 11.0 Å². The van der Waals surface area contributed by atoms with Crippen molar-refractivity contribution in [2.24, 2.45) is 5.92 Å². The number of carbonyl (C=O) groups excluding carboxylic acids is 1. The van der Waals surface area contributed by atoms with Crippen molar-refractivity contribution in [1.29, 1.82) is 0 Å². The number of halogens is 2. The Morgan fingerprint density at radius 1 is 1.35 bits per heavy atom. The first kappa shape index (κ1) is 11.0. The van der Waals surface area contributed by atoms with E-state index in [1.807, 2.05) is 0 Å². The van der Waals surface area contributed by atoms with Gasteiger partial charge in [-0.25, -0.2) is 9.78 Å². The summed E-state index contributed by atoms with van der Waals surface area (Å²) in [6, 6.07) is 1.57. The van der Waals surface area contributed by atoms with Gasteiger partial charge in [0.1, 0.15) is 17.6 Å². The maximum absolute atomic E-state index is 11.7. The van der Waals surface area contributed by atoms with Gasteiger partial charge in [0.2, 0.25) is 5.28 Å². The van der Waals surface area contributed by atoms with Gasteiger partial charge in [-0.3, -0.25) is 4.90 Å². The number of cyclic esters (lactones) is 1. The third-order valence-electron chi connectivity index (χ3n) is 2.97. The van der Waals surface area contributed by atoms with Crippen LogP contribution in [0, 0.1) is 5.92 Å². The molecule has 0 spiro atoms. The van der Waals surface area contributed by atoms with Gasteiger partial charge in [0.15, 0.2) is 0 Å². The van der Waals surface area contributed by atoms with Gasteiger partial charge >= 0.3 is 6.09 Å². The van der Waals surface area contributed by atoms with Crippen LogP contribution in [0.5, 0.6) is 0 Å². The molecule has 0 unspecified atom stereocenters. The molecule has 2 heterocycles. The number of amides is 1. The number of aromatic nitrogens is 2. The standard InChI is InChI=1S/C10H9Cl2N3O2/c11-7-3-8(14-9(12)13-7)15-6(5-1-2-5)4-17-10(15)16/h3,5-6H,1-2,4H2/t6-/m1/s1. The van der Waals surface area contributed by atoms with E-state index in [0.29, 0.717) is 18.3 Å². The van der Waals surface area contributed by atoms with E-state index in [4.69, 9.17) is 27.9 Å². The van der Waals surface area contributed by atoms with Crippen molar-refractivity contribution in [3.05, 3.63) is 16.5 Å². The van der Waals surface area contributed by atoms with Crippen LogP contribution in [0.4, 0.5) is 10.6 Å². The van der Waals surface area contributed by atoms with E-state index < -0.39 is 6.09 Å². The topological polar surface area (TPSA) is 55.3 Å². The summed E-state index contributed by atoms with van der Waals surface area (Å²) in [7, 11) is 0. The molecule has 1 amide bonds. The maximum atomic E-state index is 11.7. The quantitative estimate of drug-likeness (QED) is 0.614. The SMILES string of the molecule is O=C1OC[C@H](C2CC2)N1c1cc(Cl)nc(Cl)n1. The summed E-state index contributed by atoms with van der Waals surface area (Å²) in [6.07, 6.45) is 1.84. The lowest BCUT2D eigenvalue weighted by Gasteiger charge is -2.19. The highest BCUT2D eigenvalue weighted by Gasteiger charge is 2.44. The molecule has 1 aliphatic heterocycles. The zero-order valence-electron chi connectivity index (χ0n) is 8.77. The smallest absolute Gasteiger partial charge is 0.415 e. The summed E-state index contributed by atoms with van der Waals surface area (Å²) in [5.41, 5.74) is 0. The van der Waals surface area contributed by atoms with E-state index in [2.05, 4.69) is 9.97 Å². The fraction of sp³-hybridized carbons (Fsp3) is 0.500. The van der Waals surface area contributed by atoms with Crippen LogP contribution in [0.15, 0.2) is 6.07 Å². The fourth-order valence-electron chi connectivity index (χ4n) is 2.03. The lowest BCUT2D eigenvalue weighted by Crippen LogP contribution is -2.35. The summed E-state index contributed by atoms with van der Waals surface area (Å²) in [4.78, 5) is 21.0. The molecule has 2 fully saturated rings. The van der Waals surface area contributed by atoms with Gasteiger partial charge in [0.05, 0.1) is 6.04 Å². The largest absolute Gasteiger partial charge is 0.447 e. The van der Waals surface area contributed by atoms with Crippen LogP contribution < -0.4 is 4.90 Å². The van der Waals surface area contributed by atoms with Gasteiger partial charge in [0.25, 0.3) is 0 Å². The summed E-state index contributed by atoms with van der Waals surface area (Å²) < 4.78 is 5.05. The molecule has 0 aromatic carbocycles. The van der Waals surface area contributed by atoms with Gasteiger partial charge in [-0.15, -0.1) is 0 Å². The molecule has 0 radical (unpaired) electrons. The monoisotopic (exact) mass is 273 g/mol. The van der Waals surface area contributed by atoms with Crippen LogP contribution in [0.3, 0.4) is 0 Å². The average molecular weight is 274 g/mol. The molecule has 0 bridgehead atoms. The molecule has 2 aliphatic rings. The molecular formula is C10H9Cl2N3O2. The van der Waals surface area contributed by atoms with E-state index in [0.717, 1.165) is 12.8 Å². The van der Waals surface area contributed by atoms with E-state index >= 15 is 0 Å². The first-order valence-electron chi connectivity index (χ1n) is 5.31. The Hall–Kier alpha value is -1.07. The minimum Gasteiger partial charge on any atom is -0.447 e. The molecule has 3 rings (SSSR count). The molecule has 0 N–H and O–H groups in total. The van der Waals surface area contributed by atoms with Crippen molar-refractivity contribution in [1.82, 2.24) is 9.97 Å². The van der Waals surface area contributed by atoms with Crippen LogP contribution >= 0.6 is 23.2 Å². The van der Waals surface area contributed by atoms with Crippen LogP contribution in [0.2, 0.25) is 10.4 Å². The predicted molar refractivity (Wildman–Crippen MR) is 62.4 cm³/mol. The molecule has 5 nitrogen and oxygen atoms in total. The van der Waals surface area contributed by atoms with Crippen molar-refractivity contribution >= 4 is 35.1 Å². The Bertz CT molecular complexity index is 458. The molecule has 7 heteroatoms. The molecule has 17 heavy (non-hydrogen) atoms. The Morgan fingerprint density at radius 2 is 2.12 bits per heavy atom. The van der Waals surface area contributed by atoms with Crippen LogP contribution in [-0.4, -0.2) is 28.7 Å². The first-order valence-corrected chi connectivity index (χ1v) is 6.07. The molecule has 1 saturated carbocycles. The lowest BCUT2D eigenvalue weighted by atomic mass is 10.2. The van der Waals surface area contributed by atoms with Crippen LogP contribution in [0.1, 0.15) is 12.8 Å². The molecule has 1 aromatic rings. The summed E-state index contributed by atoms with van der Waals surface area (Å²) in [5, 5.41) is 0.246. The van der Waals surface area contributed by atoms with E-state index in [1.54, 1.807) is 0 Å². The minimum absolute atomic E-state index is 0.0294. The van der Waals surface area contributed by atoms with Gasteiger partial charge in [-0.05, 0) is 30.4 Å².